The first kappa shape index (κ1) is 16.0. The molecule has 0 aliphatic rings. The van der Waals surface area contributed by atoms with Gasteiger partial charge in [0.05, 0.1) is 13.2 Å². The smallest absolute Gasteiger partial charge is 0.120 e. The van der Waals surface area contributed by atoms with Crippen molar-refractivity contribution in [1.29, 1.82) is 0 Å². The number of hydrogen-bond acceptors (Lipinski definition) is 3. The fraction of sp³-hybridized carbons (Fsp3) is 0.250. The molecule has 1 unspecified atom stereocenters. The third-order valence-corrected chi connectivity index (χ3v) is 4.04. The first-order chi connectivity index (χ1) is 10.1. The molecule has 0 saturated heterocycles. The molecule has 3 nitrogen and oxygen atoms in total. The predicted molar refractivity (Wildman–Crippen MR) is 89.7 cm³/mol. The molecule has 0 fully saturated rings. The molecule has 2 N–H and O–H groups in total. The molecule has 21 heavy (non-hydrogen) atoms. The highest BCUT2D eigenvalue weighted by Gasteiger charge is 2.19. The number of ether oxygens (including phenoxy) is 1. The van der Waals surface area contributed by atoms with E-state index in [1.807, 2.05) is 43.4 Å². The van der Waals surface area contributed by atoms with Crippen molar-refractivity contribution in [3.63, 3.8) is 0 Å². The second kappa shape index (κ2) is 7.03. The number of benzene rings is 2. The molecule has 0 spiro atoms. The van der Waals surface area contributed by atoms with Crippen LogP contribution in [0.15, 0.2) is 42.5 Å². The monoisotopic (exact) mass is 324 g/mol. The molecule has 0 aliphatic carbocycles. The zero-order chi connectivity index (χ0) is 15.4. The van der Waals surface area contributed by atoms with E-state index in [1.165, 1.54) is 0 Å². The molecule has 0 saturated carbocycles. The van der Waals surface area contributed by atoms with Gasteiger partial charge < -0.3 is 15.4 Å². The van der Waals surface area contributed by atoms with Crippen molar-refractivity contribution in [2.75, 3.05) is 25.6 Å². The molecule has 2 aromatic rings. The van der Waals surface area contributed by atoms with Crippen LogP contribution >= 0.6 is 23.2 Å². The lowest BCUT2D eigenvalue weighted by Gasteiger charge is -2.30. The molecule has 0 radical (unpaired) electrons. The lowest BCUT2D eigenvalue weighted by Crippen LogP contribution is -2.30. The summed E-state index contributed by atoms with van der Waals surface area (Å²) in [6.45, 7) is 0.440. The summed E-state index contributed by atoms with van der Waals surface area (Å²) < 4.78 is 5.26. The van der Waals surface area contributed by atoms with Gasteiger partial charge in [-0.05, 0) is 29.8 Å². The molecular weight excluding hydrogens is 307 g/mol. The normalized spacial score (nSPS) is 12.0. The van der Waals surface area contributed by atoms with Crippen LogP contribution in [0.5, 0.6) is 5.75 Å². The van der Waals surface area contributed by atoms with Gasteiger partial charge in [0.25, 0.3) is 0 Å². The Labute approximate surface area is 135 Å². The Morgan fingerprint density at radius 2 is 1.95 bits per heavy atom. The standard InChI is InChI=1S/C16H18Cl2N2O/c1-20(12-4-3-5-13(9-12)21-2)16(10-19)14-7-6-11(17)8-15(14)18/h3-9,16H,10,19H2,1-2H3. The Morgan fingerprint density at radius 1 is 1.19 bits per heavy atom. The average molecular weight is 325 g/mol. The molecule has 2 rings (SSSR count). The van der Waals surface area contributed by atoms with Gasteiger partial charge in [-0.3, -0.25) is 0 Å². The Balaban J connectivity index is 2.35. The van der Waals surface area contributed by atoms with Crippen molar-refractivity contribution in [3.05, 3.63) is 58.1 Å². The van der Waals surface area contributed by atoms with Gasteiger partial charge in [0, 0.05) is 35.4 Å². The molecule has 5 heteroatoms. The van der Waals surface area contributed by atoms with Gasteiger partial charge >= 0.3 is 0 Å². The number of nitrogens with two attached hydrogens (primary N) is 1. The number of halogens is 2. The fourth-order valence-corrected chi connectivity index (χ4v) is 2.81. The van der Waals surface area contributed by atoms with Gasteiger partial charge in [-0.2, -0.15) is 0 Å². The van der Waals surface area contributed by atoms with E-state index in [2.05, 4.69) is 4.90 Å². The highest BCUT2D eigenvalue weighted by molar-refractivity contribution is 6.35. The van der Waals surface area contributed by atoms with Crippen LogP contribution in [0, 0.1) is 0 Å². The maximum Gasteiger partial charge on any atom is 0.120 e. The quantitative estimate of drug-likeness (QED) is 0.898. The minimum absolute atomic E-state index is 0.0399. The molecule has 0 aliphatic heterocycles. The van der Waals surface area contributed by atoms with Crippen molar-refractivity contribution >= 4 is 28.9 Å². The van der Waals surface area contributed by atoms with E-state index < -0.39 is 0 Å². The van der Waals surface area contributed by atoms with E-state index in [1.54, 1.807) is 13.2 Å². The molecule has 0 bridgehead atoms. The Bertz CT molecular complexity index is 619. The van der Waals surface area contributed by atoms with Crippen molar-refractivity contribution < 1.29 is 4.74 Å². The number of nitrogens with zero attached hydrogens (tertiary/aromatic N) is 1. The molecule has 112 valence electrons. The van der Waals surface area contributed by atoms with Crippen LogP contribution in [0.1, 0.15) is 11.6 Å². The number of rotatable bonds is 5. The lowest BCUT2D eigenvalue weighted by atomic mass is 10.0. The van der Waals surface area contributed by atoms with Gasteiger partial charge in [-0.25, -0.2) is 0 Å². The molecule has 0 aromatic heterocycles. The zero-order valence-electron chi connectivity index (χ0n) is 12.0. The summed E-state index contributed by atoms with van der Waals surface area (Å²) in [5.74, 6) is 0.803. The summed E-state index contributed by atoms with van der Waals surface area (Å²) in [6, 6.07) is 13.3. The second-order valence-electron chi connectivity index (χ2n) is 4.73. The summed E-state index contributed by atoms with van der Waals surface area (Å²) in [6.07, 6.45) is 0. The van der Waals surface area contributed by atoms with Crippen LogP contribution in [0.2, 0.25) is 10.0 Å². The zero-order valence-corrected chi connectivity index (χ0v) is 13.5. The van der Waals surface area contributed by atoms with E-state index >= 15 is 0 Å². The van der Waals surface area contributed by atoms with Crippen LogP contribution in [-0.2, 0) is 0 Å². The van der Waals surface area contributed by atoms with E-state index in [0.29, 0.717) is 16.6 Å². The summed E-state index contributed by atoms with van der Waals surface area (Å²) in [7, 11) is 3.63. The molecule has 0 amide bonds. The topological polar surface area (TPSA) is 38.5 Å². The molecular formula is C16H18Cl2N2O. The number of anilines is 1. The Kier molecular flexibility index (Phi) is 5.34. The maximum absolute atomic E-state index is 6.30. The van der Waals surface area contributed by atoms with Crippen molar-refractivity contribution in [2.24, 2.45) is 5.73 Å². The third-order valence-electron chi connectivity index (χ3n) is 3.47. The minimum atomic E-state index is -0.0399. The van der Waals surface area contributed by atoms with Gasteiger partial charge in [-0.15, -0.1) is 0 Å². The van der Waals surface area contributed by atoms with E-state index in [-0.39, 0.29) is 6.04 Å². The predicted octanol–water partition coefficient (Wildman–Crippen LogP) is 4.14. The average Bonchev–Trinajstić information content (AvgIpc) is 2.50. The van der Waals surface area contributed by atoms with Gasteiger partial charge in [0.15, 0.2) is 0 Å². The summed E-state index contributed by atoms with van der Waals surface area (Å²) >= 11 is 12.3. The van der Waals surface area contributed by atoms with Crippen LogP contribution < -0.4 is 15.4 Å². The van der Waals surface area contributed by atoms with Crippen LogP contribution in [0.4, 0.5) is 5.69 Å². The SMILES string of the molecule is COc1cccc(N(C)C(CN)c2ccc(Cl)cc2Cl)c1. The maximum atomic E-state index is 6.30. The third kappa shape index (κ3) is 3.62. The summed E-state index contributed by atoms with van der Waals surface area (Å²) in [5.41, 5.74) is 7.92. The van der Waals surface area contributed by atoms with Crippen molar-refractivity contribution in [3.8, 4) is 5.75 Å². The first-order valence-corrected chi connectivity index (χ1v) is 7.34. The summed E-state index contributed by atoms with van der Waals surface area (Å²) in [5, 5.41) is 1.23. The first-order valence-electron chi connectivity index (χ1n) is 6.58. The van der Waals surface area contributed by atoms with Crippen LogP contribution in [-0.4, -0.2) is 20.7 Å². The van der Waals surface area contributed by atoms with E-state index in [9.17, 15) is 0 Å². The summed E-state index contributed by atoms with van der Waals surface area (Å²) in [4.78, 5) is 2.08. The highest BCUT2D eigenvalue weighted by Crippen LogP contribution is 2.32. The molecule has 0 heterocycles. The largest absolute Gasteiger partial charge is 0.497 e. The molecule has 1 atom stereocenters. The van der Waals surface area contributed by atoms with Crippen LogP contribution in [0.3, 0.4) is 0 Å². The van der Waals surface area contributed by atoms with Crippen molar-refractivity contribution in [1.82, 2.24) is 0 Å². The number of likely N-dealkylation sites (N-methyl/N-ethyl adjacent to an activating group) is 1. The number of hydrogen-bond donors (Lipinski definition) is 1. The lowest BCUT2D eigenvalue weighted by molar-refractivity contribution is 0.414. The van der Waals surface area contributed by atoms with Crippen molar-refractivity contribution in [2.45, 2.75) is 6.04 Å². The fourth-order valence-electron chi connectivity index (χ4n) is 2.28. The number of methoxy groups -OCH3 is 1. The van der Waals surface area contributed by atoms with Gasteiger partial charge in [0.2, 0.25) is 0 Å². The Hall–Kier alpha value is -1.42. The Morgan fingerprint density at radius 3 is 2.57 bits per heavy atom. The highest BCUT2D eigenvalue weighted by atomic mass is 35.5. The van der Waals surface area contributed by atoms with Crippen LogP contribution in [0.25, 0.3) is 0 Å². The second-order valence-corrected chi connectivity index (χ2v) is 5.57. The van der Waals surface area contributed by atoms with E-state index in [0.717, 1.165) is 17.0 Å². The molecule has 2 aromatic carbocycles. The van der Waals surface area contributed by atoms with Gasteiger partial charge in [0.1, 0.15) is 5.75 Å². The van der Waals surface area contributed by atoms with E-state index in [4.69, 9.17) is 33.7 Å². The minimum Gasteiger partial charge on any atom is -0.497 e. The van der Waals surface area contributed by atoms with Gasteiger partial charge in [-0.1, -0.05) is 35.3 Å².